The third-order valence-corrected chi connectivity index (χ3v) is 6.29. The summed E-state index contributed by atoms with van der Waals surface area (Å²) in [4.78, 5) is 72.9. The molecule has 0 bridgehead atoms. The minimum atomic E-state index is -2.71. The average Bonchev–Trinajstić information content (AvgIpc) is 3.19. The van der Waals surface area contributed by atoms with Gasteiger partial charge in [0, 0.05) is 41.5 Å². The van der Waals surface area contributed by atoms with Gasteiger partial charge in [0.1, 0.15) is 30.7 Å². The fourth-order valence-corrected chi connectivity index (χ4v) is 4.66. The van der Waals surface area contributed by atoms with Crippen molar-refractivity contribution in [2.24, 2.45) is 0 Å². The highest BCUT2D eigenvalue weighted by Gasteiger charge is 2.67. The summed E-state index contributed by atoms with van der Waals surface area (Å²) in [5, 5.41) is 20.8. The summed E-state index contributed by atoms with van der Waals surface area (Å²) in [5.74, 6) is -9.07. The van der Waals surface area contributed by atoms with Gasteiger partial charge in [0.25, 0.3) is 5.79 Å². The van der Waals surface area contributed by atoms with Gasteiger partial charge < -0.3 is 57.6 Å². The van der Waals surface area contributed by atoms with Crippen molar-refractivity contribution >= 4 is 35.8 Å². The van der Waals surface area contributed by atoms with Crippen LogP contribution in [-0.4, -0.2) is 121 Å². The second-order valence-corrected chi connectivity index (χ2v) is 9.90. The first-order valence-electron chi connectivity index (χ1n) is 13.5. The van der Waals surface area contributed by atoms with E-state index in [1.165, 1.54) is 14.0 Å². The minimum absolute atomic E-state index is 0.216. The molecule has 2 rings (SSSR count). The van der Waals surface area contributed by atoms with Crippen LogP contribution >= 0.6 is 0 Å². The molecule has 0 aromatic heterocycles. The third-order valence-electron chi connectivity index (χ3n) is 6.29. The smallest absolute Gasteiger partial charge is 0.308 e. The number of rotatable bonds is 12. The normalized spacial score (nSPS) is 31.5. The number of ether oxygens (including phenoxy) is 10. The van der Waals surface area contributed by atoms with E-state index in [1.807, 2.05) is 0 Å². The van der Waals surface area contributed by atoms with E-state index in [9.17, 15) is 39.0 Å². The molecular formula is C27H38O18. The molecule has 2 saturated heterocycles. The fourth-order valence-electron chi connectivity index (χ4n) is 4.66. The summed E-state index contributed by atoms with van der Waals surface area (Å²) in [6.07, 6.45) is -13.8. The lowest BCUT2D eigenvalue weighted by Crippen LogP contribution is -2.64. The third kappa shape index (κ3) is 9.33. The number of hydrogen-bond donors (Lipinski definition) is 2. The van der Waals surface area contributed by atoms with Gasteiger partial charge in [0.2, 0.25) is 18.2 Å². The van der Waals surface area contributed by atoms with E-state index >= 15 is 0 Å². The van der Waals surface area contributed by atoms with Crippen molar-refractivity contribution in [3.05, 3.63) is 11.5 Å². The molecule has 0 spiro atoms. The molecule has 0 aromatic rings. The van der Waals surface area contributed by atoms with Crippen LogP contribution in [0.5, 0.6) is 0 Å². The predicted octanol–water partition coefficient (Wildman–Crippen LogP) is -1.09. The molecule has 2 N–H and O–H groups in total. The number of hydrogen-bond acceptors (Lipinski definition) is 18. The largest absolute Gasteiger partial charge is 0.498 e. The van der Waals surface area contributed by atoms with Crippen molar-refractivity contribution in [3.8, 4) is 0 Å². The molecule has 2 aliphatic heterocycles. The zero-order valence-electron chi connectivity index (χ0n) is 26.0. The summed E-state index contributed by atoms with van der Waals surface area (Å²) in [6, 6.07) is 0. The Kier molecular flexibility index (Phi) is 13.2. The van der Waals surface area contributed by atoms with Gasteiger partial charge in [0.15, 0.2) is 18.3 Å². The highest BCUT2D eigenvalue weighted by Crippen LogP contribution is 2.46. The van der Waals surface area contributed by atoms with Gasteiger partial charge in [-0.05, 0) is 6.92 Å². The fraction of sp³-hybridized carbons (Fsp3) is 0.704. The molecule has 9 atom stereocenters. The van der Waals surface area contributed by atoms with Crippen molar-refractivity contribution in [1.82, 2.24) is 0 Å². The Labute approximate surface area is 257 Å². The van der Waals surface area contributed by atoms with Crippen LogP contribution in [0.15, 0.2) is 11.5 Å². The van der Waals surface area contributed by atoms with E-state index < -0.39 is 110 Å². The Morgan fingerprint density at radius 3 is 1.71 bits per heavy atom. The van der Waals surface area contributed by atoms with Crippen LogP contribution in [-0.2, 0) is 76.1 Å². The second kappa shape index (κ2) is 15.9. The van der Waals surface area contributed by atoms with E-state index in [0.29, 0.717) is 0 Å². The topological polar surface area (TPSA) is 235 Å². The lowest BCUT2D eigenvalue weighted by atomic mass is 9.97. The van der Waals surface area contributed by atoms with Crippen LogP contribution in [0.4, 0.5) is 0 Å². The molecule has 0 unspecified atom stereocenters. The number of allylic oxidation sites excluding steroid dienone is 1. The maximum atomic E-state index is 12.5. The number of aliphatic hydroxyl groups excluding tert-OH is 2. The average molecular weight is 651 g/mol. The standard InChI is InChI=1S/C27H38O18/c1-11(36-8)24(41-16(6)33)27(25(42-17(7)34)21(38-13(3)30)19(44-27)10-37-12(2)29)45-26-23(40-15(5)32)22(39-14(4)31)20(35)18(9-28)43-26/h18-23,25-26,28,35H,9-10H2,1-8H3/t18-,19-,20-,21-,22+,23-,25+,26-,27+/m1/s1. The lowest BCUT2D eigenvalue weighted by molar-refractivity contribution is -0.374. The molecule has 2 fully saturated rings. The van der Waals surface area contributed by atoms with Crippen LogP contribution in [0.1, 0.15) is 48.5 Å². The Morgan fingerprint density at radius 2 is 1.24 bits per heavy atom. The summed E-state index contributed by atoms with van der Waals surface area (Å²) in [6.45, 7) is 5.88. The molecule has 0 aliphatic carbocycles. The molecule has 18 nitrogen and oxygen atoms in total. The quantitative estimate of drug-likeness (QED) is 0.145. The molecule has 0 amide bonds. The first-order valence-corrected chi connectivity index (χ1v) is 13.5. The number of aliphatic hydroxyl groups is 2. The Hall–Kier alpha value is -3.84. The van der Waals surface area contributed by atoms with Crippen LogP contribution in [0.2, 0.25) is 0 Å². The molecule has 0 radical (unpaired) electrons. The monoisotopic (exact) mass is 650 g/mol. The van der Waals surface area contributed by atoms with Gasteiger partial charge in [-0.2, -0.15) is 0 Å². The predicted molar refractivity (Wildman–Crippen MR) is 141 cm³/mol. The second-order valence-electron chi connectivity index (χ2n) is 9.90. The van der Waals surface area contributed by atoms with Gasteiger partial charge >= 0.3 is 35.8 Å². The lowest BCUT2D eigenvalue weighted by Gasteiger charge is -2.46. The molecule has 2 heterocycles. The summed E-state index contributed by atoms with van der Waals surface area (Å²) < 4.78 is 55.4. The van der Waals surface area contributed by atoms with Crippen LogP contribution in [0, 0.1) is 0 Å². The van der Waals surface area contributed by atoms with Crippen molar-refractivity contribution < 1.29 is 86.3 Å². The van der Waals surface area contributed by atoms with Gasteiger partial charge in [0.05, 0.1) is 13.7 Å². The summed E-state index contributed by atoms with van der Waals surface area (Å²) in [7, 11) is 1.18. The summed E-state index contributed by atoms with van der Waals surface area (Å²) in [5.41, 5.74) is 0. The Morgan fingerprint density at radius 1 is 0.711 bits per heavy atom. The van der Waals surface area contributed by atoms with E-state index in [-0.39, 0.29) is 5.76 Å². The number of methoxy groups -OCH3 is 1. The number of esters is 6. The van der Waals surface area contributed by atoms with E-state index in [1.54, 1.807) is 0 Å². The zero-order valence-corrected chi connectivity index (χ0v) is 26.0. The van der Waals surface area contributed by atoms with Crippen molar-refractivity contribution in [2.45, 2.75) is 103 Å². The number of carbonyl (C=O) groups is 6. The van der Waals surface area contributed by atoms with Gasteiger partial charge in [-0.25, -0.2) is 0 Å². The van der Waals surface area contributed by atoms with Crippen molar-refractivity contribution in [3.63, 3.8) is 0 Å². The first kappa shape index (κ1) is 37.3. The molecule has 45 heavy (non-hydrogen) atoms. The van der Waals surface area contributed by atoms with Crippen LogP contribution < -0.4 is 0 Å². The van der Waals surface area contributed by atoms with E-state index in [2.05, 4.69) is 0 Å². The van der Waals surface area contributed by atoms with Crippen molar-refractivity contribution in [2.75, 3.05) is 20.3 Å². The Balaban J connectivity index is 2.93. The van der Waals surface area contributed by atoms with Crippen LogP contribution in [0.25, 0.3) is 0 Å². The Bertz CT molecular complexity index is 1160. The molecule has 0 aromatic carbocycles. The number of carbonyl (C=O) groups excluding carboxylic acids is 6. The van der Waals surface area contributed by atoms with Crippen LogP contribution in [0.3, 0.4) is 0 Å². The molecule has 0 saturated carbocycles. The van der Waals surface area contributed by atoms with E-state index in [0.717, 1.165) is 41.5 Å². The molecule has 2 aliphatic rings. The zero-order chi connectivity index (χ0) is 34.2. The molecular weight excluding hydrogens is 612 g/mol. The van der Waals surface area contributed by atoms with Gasteiger partial charge in [-0.15, -0.1) is 0 Å². The highest BCUT2D eigenvalue weighted by molar-refractivity contribution is 5.69. The maximum absolute atomic E-state index is 12.5. The maximum Gasteiger partial charge on any atom is 0.308 e. The first-order chi connectivity index (χ1) is 21.0. The molecule has 254 valence electrons. The molecule has 18 heteroatoms. The van der Waals surface area contributed by atoms with E-state index in [4.69, 9.17) is 47.4 Å². The van der Waals surface area contributed by atoms with Crippen molar-refractivity contribution in [1.29, 1.82) is 0 Å². The van der Waals surface area contributed by atoms with Gasteiger partial charge in [-0.3, -0.25) is 28.8 Å². The highest BCUT2D eigenvalue weighted by atomic mass is 16.8. The summed E-state index contributed by atoms with van der Waals surface area (Å²) >= 11 is 0. The minimum Gasteiger partial charge on any atom is -0.498 e. The SMILES string of the molecule is COC(C)=C(OC(C)=O)[C@@]1(O[C@H]2O[C@H](CO)[C@@H](O)[C@H](OC(C)=O)[C@H]2OC(C)=O)O[C@H](COC(C)=O)[C@@H](OC(C)=O)[C@@H]1OC(C)=O. The van der Waals surface area contributed by atoms with Gasteiger partial charge in [-0.1, -0.05) is 0 Å².